The van der Waals surface area contributed by atoms with Crippen molar-refractivity contribution in [2.75, 3.05) is 0 Å². The number of thiophene rings is 1. The lowest BCUT2D eigenvalue weighted by Crippen LogP contribution is -2.13. The predicted molar refractivity (Wildman–Crippen MR) is 81.9 cm³/mol. The second-order valence-electron chi connectivity index (χ2n) is 5.05. The molecule has 4 nitrogen and oxygen atoms in total. The lowest BCUT2D eigenvalue weighted by atomic mass is 9.92. The van der Waals surface area contributed by atoms with E-state index in [-0.39, 0.29) is 11.3 Å². The Morgan fingerprint density at radius 3 is 2.76 bits per heavy atom. The first kappa shape index (κ1) is 14.0. The molecular weight excluding hydrogens is 286 g/mol. The molecule has 1 heterocycles. The fourth-order valence-corrected chi connectivity index (χ4v) is 4.21. The van der Waals surface area contributed by atoms with E-state index in [9.17, 15) is 14.7 Å². The van der Waals surface area contributed by atoms with Crippen LogP contribution in [0.4, 0.5) is 0 Å². The number of ketones is 1. The van der Waals surface area contributed by atoms with Gasteiger partial charge in [-0.05, 0) is 24.0 Å². The largest absolute Gasteiger partial charge is 0.478 e. The molecule has 0 fully saturated rings. The number of carboxylic acid groups (broad SMARTS) is 1. The second-order valence-corrected chi connectivity index (χ2v) is 6.15. The van der Waals surface area contributed by atoms with Gasteiger partial charge in [-0.2, -0.15) is 0 Å². The minimum atomic E-state index is -1.04. The van der Waals surface area contributed by atoms with Crippen LogP contribution in [-0.2, 0) is 13.0 Å². The molecule has 3 rings (SSSR count). The van der Waals surface area contributed by atoms with Gasteiger partial charge in [0.15, 0.2) is 5.78 Å². The molecule has 0 amide bonds. The van der Waals surface area contributed by atoms with E-state index in [4.69, 9.17) is 5.73 Å². The third-order valence-electron chi connectivity index (χ3n) is 3.76. The molecule has 0 saturated heterocycles. The fraction of sp³-hybridized carbons (Fsp3) is 0.250. The minimum absolute atomic E-state index is 0.0543. The highest BCUT2D eigenvalue weighted by Gasteiger charge is 2.30. The van der Waals surface area contributed by atoms with Crippen LogP contribution in [0.15, 0.2) is 24.3 Å². The van der Waals surface area contributed by atoms with Crippen molar-refractivity contribution < 1.29 is 14.7 Å². The van der Waals surface area contributed by atoms with E-state index >= 15 is 0 Å². The van der Waals surface area contributed by atoms with Crippen LogP contribution in [0.1, 0.15) is 44.0 Å². The topological polar surface area (TPSA) is 80.4 Å². The lowest BCUT2D eigenvalue weighted by molar-refractivity contribution is 0.0692. The SMILES string of the molecule is NCc1ccccc1-c1sc2c(c1C(=O)O)C(=O)CCC2. The summed E-state index contributed by atoms with van der Waals surface area (Å²) in [7, 11) is 0. The number of benzene rings is 1. The molecular formula is C16H15NO3S. The zero-order valence-corrected chi connectivity index (χ0v) is 12.2. The number of carboxylic acids is 1. The summed E-state index contributed by atoms with van der Waals surface area (Å²) < 4.78 is 0. The lowest BCUT2D eigenvalue weighted by Gasteiger charge is -2.10. The molecule has 0 atom stereocenters. The van der Waals surface area contributed by atoms with Crippen LogP contribution in [0.5, 0.6) is 0 Å². The summed E-state index contributed by atoms with van der Waals surface area (Å²) in [5, 5.41) is 9.58. The molecule has 2 aromatic rings. The van der Waals surface area contributed by atoms with Crippen LogP contribution in [0, 0.1) is 0 Å². The maximum absolute atomic E-state index is 12.1. The van der Waals surface area contributed by atoms with Gasteiger partial charge in [0.05, 0.1) is 10.4 Å². The standard InChI is InChI=1S/C16H15NO3S/c17-8-9-4-1-2-5-10(9)15-14(16(19)20)13-11(18)6-3-7-12(13)21-15/h1-2,4-5H,3,6-8,17H2,(H,19,20). The number of Topliss-reactive ketones (excluding diaryl/α,β-unsaturated/α-hetero) is 1. The van der Waals surface area contributed by atoms with Gasteiger partial charge in [-0.3, -0.25) is 4.79 Å². The molecule has 1 aliphatic rings. The van der Waals surface area contributed by atoms with Crippen molar-refractivity contribution >= 4 is 23.1 Å². The number of hydrogen-bond donors (Lipinski definition) is 2. The van der Waals surface area contributed by atoms with Crippen LogP contribution < -0.4 is 5.73 Å². The second kappa shape index (κ2) is 5.42. The zero-order valence-electron chi connectivity index (χ0n) is 11.4. The smallest absolute Gasteiger partial charge is 0.337 e. The minimum Gasteiger partial charge on any atom is -0.478 e. The first-order valence-electron chi connectivity index (χ1n) is 6.84. The molecule has 108 valence electrons. The van der Waals surface area contributed by atoms with Crippen LogP contribution in [0.25, 0.3) is 10.4 Å². The van der Waals surface area contributed by atoms with Gasteiger partial charge in [0.25, 0.3) is 0 Å². The molecule has 3 N–H and O–H groups in total. The summed E-state index contributed by atoms with van der Waals surface area (Å²) in [4.78, 5) is 25.4. The van der Waals surface area contributed by atoms with Gasteiger partial charge in [-0.15, -0.1) is 11.3 Å². The Bertz CT molecular complexity index is 733. The number of aryl methyl sites for hydroxylation is 1. The van der Waals surface area contributed by atoms with Crippen LogP contribution in [0.2, 0.25) is 0 Å². The summed E-state index contributed by atoms with van der Waals surface area (Å²) >= 11 is 1.42. The molecule has 0 saturated carbocycles. The van der Waals surface area contributed by atoms with Gasteiger partial charge in [0, 0.05) is 23.4 Å². The first-order chi connectivity index (χ1) is 10.1. The Morgan fingerprint density at radius 1 is 1.29 bits per heavy atom. The Labute approximate surface area is 126 Å². The van der Waals surface area contributed by atoms with Gasteiger partial charge >= 0.3 is 5.97 Å². The number of carbonyl (C=O) groups excluding carboxylic acids is 1. The van der Waals surface area contributed by atoms with Gasteiger partial charge < -0.3 is 10.8 Å². The first-order valence-corrected chi connectivity index (χ1v) is 7.65. The summed E-state index contributed by atoms with van der Waals surface area (Å²) in [5.74, 6) is -1.09. The van der Waals surface area contributed by atoms with Crippen LogP contribution in [-0.4, -0.2) is 16.9 Å². The van der Waals surface area contributed by atoms with Gasteiger partial charge in [-0.25, -0.2) is 4.79 Å². The highest BCUT2D eigenvalue weighted by molar-refractivity contribution is 7.16. The number of nitrogens with two attached hydrogens (primary N) is 1. The maximum Gasteiger partial charge on any atom is 0.337 e. The van der Waals surface area contributed by atoms with Crippen molar-refractivity contribution in [3.8, 4) is 10.4 Å². The average molecular weight is 301 g/mol. The Kier molecular flexibility index (Phi) is 3.61. The Balaban J connectivity index is 2.28. The molecule has 21 heavy (non-hydrogen) atoms. The van der Waals surface area contributed by atoms with Crippen LogP contribution in [0.3, 0.4) is 0 Å². The summed E-state index contributed by atoms with van der Waals surface area (Å²) in [6, 6.07) is 7.50. The average Bonchev–Trinajstić information content (AvgIpc) is 2.88. The van der Waals surface area contributed by atoms with Crippen molar-refractivity contribution in [3.05, 3.63) is 45.8 Å². The molecule has 5 heteroatoms. The fourth-order valence-electron chi connectivity index (χ4n) is 2.80. The number of aromatic carboxylic acids is 1. The van der Waals surface area contributed by atoms with Crippen molar-refractivity contribution in [3.63, 3.8) is 0 Å². The quantitative estimate of drug-likeness (QED) is 0.913. The number of hydrogen-bond acceptors (Lipinski definition) is 4. The van der Waals surface area contributed by atoms with E-state index < -0.39 is 5.97 Å². The molecule has 0 radical (unpaired) electrons. The van der Waals surface area contributed by atoms with Crippen molar-refractivity contribution in [2.45, 2.75) is 25.8 Å². The van der Waals surface area contributed by atoms with Gasteiger partial charge in [0.2, 0.25) is 0 Å². The Hall–Kier alpha value is -1.98. The van der Waals surface area contributed by atoms with Gasteiger partial charge in [0.1, 0.15) is 0 Å². The predicted octanol–water partition coefficient (Wildman–Crippen LogP) is 3.09. The van der Waals surface area contributed by atoms with E-state index in [0.29, 0.717) is 23.4 Å². The molecule has 0 aliphatic heterocycles. The van der Waals surface area contributed by atoms with Crippen molar-refractivity contribution in [1.82, 2.24) is 0 Å². The zero-order chi connectivity index (χ0) is 15.0. The third kappa shape index (κ3) is 2.28. The number of carbonyl (C=O) groups is 2. The third-order valence-corrected chi connectivity index (χ3v) is 5.05. The van der Waals surface area contributed by atoms with Crippen LogP contribution >= 0.6 is 11.3 Å². The van der Waals surface area contributed by atoms with Crippen molar-refractivity contribution in [1.29, 1.82) is 0 Å². The Morgan fingerprint density at radius 2 is 2.05 bits per heavy atom. The summed E-state index contributed by atoms with van der Waals surface area (Å²) in [5.41, 5.74) is 8.04. The molecule has 1 aromatic carbocycles. The summed E-state index contributed by atoms with van der Waals surface area (Å²) in [6.45, 7) is 0.339. The molecule has 0 bridgehead atoms. The maximum atomic E-state index is 12.1. The van der Waals surface area contributed by atoms with Gasteiger partial charge in [-0.1, -0.05) is 24.3 Å². The van der Waals surface area contributed by atoms with E-state index in [1.54, 1.807) is 0 Å². The van der Waals surface area contributed by atoms with E-state index in [0.717, 1.165) is 28.8 Å². The number of fused-ring (bicyclic) bond motifs is 1. The highest BCUT2D eigenvalue weighted by atomic mass is 32.1. The monoisotopic (exact) mass is 301 g/mol. The van der Waals surface area contributed by atoms with E-state index in [1.165, 1.54) is 11.3 Å². The van der Waals surface area contributed by atoms with Crippen molar-refractivity contribution in [2.24, 2.45) is 5.73 Å². The van der Waals surface area contributed by atoms with E-state index in [2.05, 4.69) is 0 Å². The molecule has 1 aromatic heterocycles. The molecule has 0 spiro atoms. The molecule has 0 unspecified atom stereocenters. The molecule has 1 aliphatic carbocycles. The number of rotatable bonds is 3. The van der Waals surface area contributed by atoms with E-state index in [1.807, 2.05) is 24.3 Å². The highest BCUT2D eigenvalue weighted by Crippen LogP contribution is 2.41. The normalized spacial score (nSPS) is 14.0. The summed E-state index contributed by atoms with van der Waals surface area (Å²) in [6.07, 6.45) is 2.00.